The van der Waals surface area contributed by atoms with Gasteiger partial charge in [0.25, 0.3) is 0 Å². The highest BCUT2D eigenvalue weighted by Gasteiger charge is 2.14. The normalized spacial score (nSPS) is 14.6. The van der Waals surface area contributed by atoms with E-state index in [1.807, 2.05) is 12.1 Å². The molecule has 110 valence electrons. The van der Waals surface area contributed by atoms with Gasteiger partial charge in [-0.25, -0.2) is 0 Å². The minimum absolute atomic E-state index is 0.925. The number of para-hydroxylation sites is 2. The van der Waals surface area contributed by atoms with Gasteiger partial charge in [-0.1, -0.05) is 36.4 Å². The van der Waals surface area contributed by atoms with E-state index >= 15 is 0 Å². The van der Waals surface area contributed by atoms with Gasteiger partial charge in [-0.15, -0.1) is 0 Å². The number of nitrogens with two attached hydrogens (primary N) is 1. The predicted octanol–water partition coefficient (Wildman–Crippen LogP) is 4.04. The van der Waals surface area contributed by atoms with E-state index in [9.17, 15) is 0 Å². The van der Waals surface area contributed by atoms with E-state index in [2.05, 4.69) is 41.3 Å². The Morgan fingerprint density at radius 1 is 0.952 bits per heavy atom. The molecule has 1 aliphatic heterocycles. The number of aryl methyl sites for hydroxylation is 2. The highest BCUT2D eigenvalue weighted by atomic mass is 15.1. The van der Waals surface area contributed by atoms with Crippen molar-refractivity contribution in [1.82, 2.24) is 0 Å². The van der Waals surface area contributed by atoms with Crippen LogP contribution in [0.25, 0.3) is 0 Å². The third kappa shape index (κ3) is 3.38. The van der Waals surface area contributed by atoms with Crippen molar-refractivity contribution in [2.45, 2.75) is 32.1 Å². The maximum atomic E-state index is 6.03. The Labute approximate surface area is 127 Å². The van der Waals surface area contributed by atoms with Gasteiger partial charge in [-0.2, -0.15) is 0 Å². The molecule has 0 spiro atoms. The smallest absolute Gasteiger partial charge is 0.0398 e. The first kappa shape index (κ1) is 14.0. The Bertz CT molecular complexity index is 592. The Morgan fingerprint density at radius 3 is 2.67 bits per heavy atom. The minimum atomic E-state index is 0.925. The molecule has 21 heavy (non-hydrogen) atoms. The fraction of sp³-hybridized carbons (Fsp3) is 0.368. The molecule has 0 aliphatic carbocycles. The Balaban J connectivity index is 1.64. The average Bonchev–Trinajstić information content (AvgIpc) is 2.72. The van der Waals surface area contributed by atoms with Crippen molar-refractivity contribution in [2.75, 3.05) is 23.7 Å². The van der Waals surface area contributed by atoms with Gasteiger partial charge in [0, 0.05) is 24.5 Å². The van der Waals surface area contributed by atoms with E-state index < -0.39 is 0 Å². The molecule has 2 heteroatoms. The molecular weight excluding hydrogens is 256 g/mol. The molecule has 0 radical (unpaired) electrons. The summed E-state index contributed by atoms with van der Waals surface area (Å²) in [4.78, 5) is 2.56. The first-order valence-corrected chi connectivity index (χ1v) is 8.01. The largest absolute Gasteiger partial charge is 0.399 e. The zero-order valence-electron chi connectivity index (χ0n) is 12.6. The molecule has 1 aliphatic rings. The number of nitrogens with zero attached hydrogens (tertiary/aromatic N) is 1. The van der Waals surface area contributed by atoms with Crippen molar-refractivity contribution >= 4 is 11.4 Å². The van der Waals surface area contributed by atoms with Gasteiger partial charge in [0.2, 0.25) is 0 Å². The van der Waals surface area contributed by atoms with Gasteiger partial charge in [0.1, 0.15) is 0 Å². The van der Waals surface area contributed by atoms with E-state index in [1.54, 1.807) is 0 Å². The summed E-state index contributed by atoms with van der Waals surface area (Å²) in [6.45, 7) is 2.30. The molecule has 2 aromatic rings. The molecule has 0 saturated carbocycles. The first-order chi connectivity index (χ1) is 10.3. The number of hydrogen-bond acceptors (Lipinski definition) is 2. The third-order valence-electron chi connectivity index (χ3n) is 4.39. The van der Waals surface area contributed by atoms with Crippen LogP contribution in [0.15, 0.2) is 48.5 Å². The van der Waals surface area contributed by atoms with Crippen LogP contribution in [0.4, 0.5) is 11.4 Å². The lowest BCUT2D eigenvalue weighted by Gasteiger charge is -2.25. The predicted molar refractivity (Wildman–Crippen MR) is 90.8 cm³/mol. The van der Waals surface area contributed by atoms with Crippen LogP contribution >= 0.6 is 0 Å². The average molecular weight is 280 g/mol. The Morgan fingerprint density at radius 2 is 1.76 bits per heavy atom. The molecule has 0 bridgehead atoms. The van der Waals surface area contributed by atoms with Gasteiger partial charge in [-0.05, 0) is 55.4 Å². The van der Waals surface area contributed by atoms with E-state index in [-0.39, 0.29) is 0 Å². The van der Waals surface area contributed by atoms with Crippen molar-refractivity contribution < 1.29 is 0 Å². The standard InChI is InChI=1S/C19H24N2/c20-18-12-3-1-8-16(18)11-7-15-21-14-6-5-10-17-9-2-4-13-19(17)21/h1-4,8-9,12-13H,5-7,10-11,14-15,20H2. The van der Waals surface area contributed by atoms with Gasteiger partial charge in [-0.3, -0.25) is 0 Å². The van der Waals surface area contributed by atoms with Crippen LogP contribution in [-0.4, -0.2) is 13.1 Å². The van der Waals surface area contributed by atoms with Crippen LogP contribution in [0.2, 0.25) is 0 Å². The van der Waals surface area contributed by atoms with Gasteiger partial charge in [0.05, 0.1) is 0 Å². The molecular formula is C19H24N2. The number of benzene rings is 2. The fourth-order valence-corrected chi connectivity index (χ4v) is 3.22. The molecule has 0 amide bonds. The third-order valence-corrected chi connectivity index (χ3v) is 4.39. The zero-order chi connectivity index (χ0) is 14.5. The number of anilines is 2. The lowest BCUT2D eigenvalue weighted by atomic mass is 10.1. The molecule has 0 saturated heterocycles. The molecule has 3 rings (SSSR count). The summed E-state index contributed by atoms with van der Waals surface area (Å²) in [6.07, 6.45) is 6.04. The fourth-order valence-electron chi connectivity index (χ4n) is 3.22. The number of hydrogen-bond donors (Lipinski definition) is 1. The molecule has 0 atom stereocenters. The summed E-state index contributed by atoms with van der Waals surface area (Å²) in [6, 6.07) is 17.1. The van der Waals surface area contributed by atoms with Crippen LogP contribution in [0, 0.1) is 0 Å². The molecule has 2 N–H and O–H groups in total. The lowest BCUT2D eigenvalue weighted by molar-refractivity contribution is 0.688. The van der Waals surface area contributed by atoms with Gasteiger partial charge >= 0.3 is 0 Å². The van der Waals surface area contributed by atoms with Crippen LogP contribution in [0.5, 0.6) is 0 Å². The van der Waals surface area contributed by atoms with Crippen LogP contribution in [-0.2, 0) is 12.8 Å². The summed E-state index contributed by atoms with van der Waals surface area (Å²) >= 11 is 0. The number of fused-ring (bicyclic) bond motifs is 1. The Hall–Kier alpha value is -1.96. The van der Waals surface area contributed by atoms with Crippen LogP contribution in [0.3, 0.4) is 0 Å². The molecule has 0 fully saturated rings. The summed E-state index contributed by atoms with van der Waals surface area (Å²) in [5.41, 5.74) is 11.2. The summed E-state index contributed by atoms with van der Waals surface area (Å²) in [7, 11) is 0. The summed E-state index contributed by atoms with van der Waals surface area (Å²) in [5, 5.41) is 0. The van der Waals surface area contributed by atoms with Crippen molar-refractivity contribution in [3.8, 4) is 0 Å². The van der Waals surface area contributed by atoms with Crippen LogP contribution < -0.4 is 10.6 Å². The Kier molecular flexibility index (Phi) is 4.44. The quantitative estimate of drug-likeness (QED) is 0.856. The number of rotatable bonds is 4. The van der Waals surface area contributed by atoms with Crippen molar-refractivity contribution in [3.05, 3.63) is 59.7 Å². The molecule has 0 aromatic heterocycles. The van der Waals surface area contributed by atoms with Gasteiger partial charge in [0.15, 0.2) is 0 Å². The number of nitrogen functional groups attached to an aromatic ring is 1. The second-order valence-electron chi connectivity index (χ2n) is 5.88. The van der Waals surface area contributed by atoms with E-state index in [0.29, 0.717) is 0 Å². The lowest BCUT2D eigenvalue weighted by Crippen LogP contribution is -2.25. The molecule has 2 aromatic carbocycles. The second kappa shape index (κ2) is 6.66. The van der Waals surface area contributed by atoms with Crippen molar-refractivity contribution in [1.29, 1.82) is 0 Å². The van der Waals surface area contributed by atoms with Crippen LogP contribution in [0.1, 0.15) is 30.4 Å². The molecule has 2 nitrogen and oxygen atoms in total. The highest BCUT2D eigenvalue weighted by molar-refractivity contribution is 5.54. The van der Waals surface area contributed by atoms with E-state index in [4.69, 9.17) is 5.73 Å². The molecule has 0 unspecified atom stereocenters. The maximum absolute atomic E-state index is 6.03. The second-order valence-corrected chi connectivity index (χ2v) is 5.88. The minimum Gasteiger partial charge on any atom is -0.399 e. The first-order valence-electron chi connectivity index (χ1n) is 8.01. The van der Waals surface area contributed by atoms with Crippen molar-refractivity contribution in [3.63, 3.8) is 0 Å². The summed E-state index contributed by atoms with van der Waals surface area (Å²) in [5.74, 6) is 0. The van der Waals surface area contributed by atoms with E-state index in [0.717, 1.165) is 25.1 Å². The maximum Gasteiger partial charge on any atom is 0.0398 e. The summed E-state index contributed by atoms with van der Waals surface area (Å²) < 4.78 is 0. The SMILES string of the molecule is Nc1ccccc1CCCN1CCCCc2ccccc21. The van der Waals surface area contributed by atoms with Gasteiger partial charge < -0.3 is 10.6 Å². The van der Waals surface area contributed by atoms with E-state index in [1.165, 1.54) is 42.6 Å². The monoisotopic (exact) mass is 280 g/mol. The highest BCUT2D eigenvalue weighted by Crippen LogP contribution is 2.26. The molecule has 1 heterocycles. The zero-order valence-corrected chi connectivity index (χ0v) is 12.6. The topological polar surface area (TPSA) is 29.3 Å². The van der Waals surface area contributed by atoms with Crippen molar-refractivity contribution in [2.24, 2.45) is 0 Å².